The summed E-state index contributed by atoms with van der Waals surface area (Å²) < 4.78 is 7.90. The molecule has 5 heteroatoms. The van der Waals surface area contributed by atoms with Crippen LogP contribution in [-0.2, 0) is 13.5 Å². The van der Waals surface area contributed by atoms with Crippen molar-refractivity contribution in [3.63, 3.8) is 0 Å². The molecular formula is C23H25N3O2. The second-order valence-electron chi connectivity index (χ2n) is 7.27. The zero-order valence-electron chi connectivity index (χ0n) is 16.6. The summed E-state index contributed by atoms with van der Waals surface area (Å²) in [4.78, 5) is 14.6. The van der Waals surface area contributed by atoms with Crippen molar-refractivity contribution >= 4 is 5.91 Å². The van der Waals surface area contributed by atoms with Crippen LogP contribution in [0.15, 0.2) is 54.7 Å². The number of carbonyl (C=O) groups excluding carboxylic acids is 1. The van der Waals surface area contributed by atoms with Crippen LogP contribution in [0.1, 0.15) is 28.5 Å². The molecule has 28 heavy (non-hydrogen) atoms. The smallest absolute Gasteiger partial charge is 0.254 e. The minimum absolute atomic E-state index is 0.0538. The second-order valence-corrected chi connectivity index (χ2v) is 7.27. The molecule has 1 aromatic heterocycles. The highest BCUT2D eigenvalue weighted by molar-refractivity contribution is 5.95. The van der Waals surface area contributed by atoms with E-state index in [1.54, 1.807) is 0 Å². The maximum Gasteiger partial charge on any atom is 0.254 e. The Kier molecular flexibility index (Phi) is 4.90. The third-order valence-corrected chi connectivity index (χ3v) is 5.36. The number of likely N-dealkylation sites (tertiary alicyclic amines) is 1. The number of carbonyl (C=O) groups is 1. The van der Waals surface area contributed by atoms with Crippen LogP contribution in [0.25, 0.3) is 11.1 Å². The lowest BCUT2D eigenvalue weighted by Gasteiger charge is -2.39. The third-order valence-electron chi connectivity index (χ3n) is 5.36. The number of rotatable bonds is 5. The average Bonchev–Trinajstić information content (AvgIpc) is 3.06. The Bertz CT molecular complexity index is 985. The summed E-state index contributed by atoms with van der Waals surface area (Å²) in [6.07, 6.45) is 2.87. The van der Waals surface area contributed by atoms with Gasteiger partial charge in [0.05, 0.1) is 19.3 Å². The van der Waals surface area contributed by atoms with E-state index in [0.717, 1.165) is 28.9 Å². The van der Waals surface area contributed by atoms with Crippen LogP contribution in [0, 0.1) is 6.92 Å². The number of benzene rings is 2. The SMILES string of the molecule is CCc1c(-c2ccc(C(=O)N3CC(Oc4ccccc4C)C3)cc2)cnn1C. The van der Waals surface area contributed by atoms with Gasteiger partial charge in [-0.1, -0.05) is 37.3 Å². The topological polar surface area (TPSA) is 47.4 Å². The Morgan fingerprint density at radius 3 is 2.54 bits per heavy atom. The highest BCUT2D eigenvalue weighted by atomic mass is 16.5. The minimum atomic E-state index is 0.0538. The molecule has 1 saturated heterocycles. The fourth-order valence-electron chi connectivity index (χ4n) is 3.64. The summed E-state index contributed by atoms with van der Waals surface area (Å²) >= 11 is 0. The van der Waals surface area contributed by atoms with Gasteiger partial charge in [-0.15, -0.1) is 0 Å². The highest BCUT2D eigenvalue weighted by Crippen LogP contribution is 2.26. The fraction of sp³-hybridized carbons (Fsp3) is 0.304. The quantitative estimate of drug-likeness (QED) is 0.680. The number of aromatic nitrogens is 2. The van der Waals surface area contributed by atoms with Crippen molar-refractivity contribution in [3.8, 4) is 16.9 Å². The molecule has 1 amide bonds. The lowest BCUT2D eigenvalue weighted by atomic mass is 10.0. The van der Waals surface area contributed by atoms with Crippen molar-refractivity contribution in [2.45, 2.75) is 26.4 Å². The van der Waals surface area contributed by atoms with Gasteiger partial charge < -0.3 is 9.64 Å². The summed E-state index contributed by atoms with van der Waals surface area (Å²) in [5.74, 6) is 0.949. The lowest BCUT2D eigenvalue weighted by molar-refractivity contribution is 0.0175. The first-order valence-electron chi connectivity index (χ1n) is 9.69. The molecule has 4 rings (SSSR count). The van der Waals surface area contributed by atoms with Gasteiger partial charge in [0.2, 0.25) is 0 Å². The number of ether oxygens (including phenoxy) is 1. The normalized spacial score (nSPS) is 14.0. The molecule has 1 aliphatic rings. The van der Waals surface area contributed by atoms with Gasteiger partial charge in [0, 0.05) is 23.9 Å². The van der Waals surface area contributed by atoms with Gasteiger partial charge in [-0.05, 0) is 42.7 Å². The van der Waals surface area contributed by atoms with Crippen LogP contribution in [-0.4, -0.2) is 39.8 Å². The molecule has 1 aliphatic heterocycles. The minimum Gasteiger partial charge on any atom is -0.486 e. The predicted molar refractivity (Wildman–Crippen MR) is 110 cm³/mol. The van der Waals surface area contributed by atoms with Crippen molar-refractivity contribution in [1.29, 1.82) is 0 Å². The van der Waals surface area contributed by atoms with E-state index < -0.39 is 0 Å². The molecule has 0 bridgehead atoms. The molecule has 0 unspecified atom stereocenters. The number of amides is 1. The van der Waals surface area contributed by atoms with E-state index in [1.165, 1.54) is 5.69 Å². The largest absolute Gasteiger partial charge is 0.486 e. The van der Waals surface area contributed by atoms with Crippen molar-refractivity contribution in [1.82, 2.24) is 14.7 Å². The molecule has 2 heterocycles. The first-order chi connectivity index (χ1) is 13.6. The van der Waals surface area contributed by atoms with E-state index in [0.29, 0.717) is 18.7 Å². The maximum atomic E-state index is 12.7. The van der Waals surface area contributed by atoms with Gasteiger partial charge in [0.25, 0.3) is 5.91 Å². The summed E-state index contributed by atoms with van der Waals surface area (Å²) in [5, 5.41) is 4.35. The van der Waals surface area contributed by atoms with Gasteiger partial charge in [-0.3, -0.25) is 9.48 Å². The standard InChI is InChI=1S/C23H25N3O2/c1-4-21-20(13-24-25(21)3)17-9-11-18(12-10-17)23(27)26-14-19(15-26)28-22-8-6-5-7-16(22)2/h5-13,19H,4,14-15H2,1-3H3. The van der Waals surface area contributed by atoms with E-state index in [2.05, 4.69) is 12.0 Å². The third kappa shape index (κ3) is 3.40. The summed E-state index contributed by atoms with van der Waals surface area (Å²) in [6, 6.07) is 15.8. The van der Waals surface area contributed by atoms with Crippen molar-refractivity contribution in [2.75, 3.05) is 13.1 Å². The molecule has 0 aliphatic carbocycles. The molecule has 0 N–H and O–H groups in total. The molecule has 0 radical (unpaired) electrons. The van der Waals surface area contributed by atoms with E-state index in [-0.39, 0.29) is 12.0 Å². The first kappa shape index (κ1) is 18.3. The second kappa shape index (κ2) is 7.50. The lowest BCUT2D eigenvalue weighted by Crippen LogP contribution is -2.56. The molecule has 3 aromatic rings. The molecular weight excluding hydrogens is 350 g/mol. The maximum absolute atomic E-state index is 12.7. The zero-order chi connectivity index (χ0) is 19.7. The van der Waals surface area contributed by atoms with Gasteiger partial charge in [-0.25, -0.2) is 0 Å². The van der Waals surface area contributed by atoms with Crippen LogP contribution < -0.4 is 4.74 Å². The summed E-state index contributed by atoms with van der Waals surface area (Å²) in [6.45, 7) is 5.40. The van der Waals surface area contributed by atoms with Crippen LogP contribution in [0.3, 0.4) is 0 Å². The molecule has 2 aromatic carbocycles. The highest BCUT2D eigenvalue weighted by Gasteiger charge is 2.33. The number of hydrogen-bond donors (Lipinski definition) is 0. The van der Waals surface area contributed by atoms with Gasteiger partial charge >= 0.3 is 0 Å². The van der Waals surface area contributed by atoms with Gasteiger partial charge in [-0.2, -0.15) is 5.10 Å². The van der Waals surface area contributed by atoms with Gasteiger partial charge in [0.15, 0.2) is 0 Å². The Morgan fingerprint density at radius 2 is 1.86 bits per heavy atom. The van der Waals surface area contributed by atoms with Crippen LogP contribution in [0.5, 0.6) is 5.75 Å². The number of nitrogens with zero attached hydrogens (tertiary/aromatic N) is 3. The monoisotopic (exact) mass is 375 g/mol. The average molecular weight is 375 g/mol. The van der Waals surface area contributed by atoms with E-state index in [1.807, 2.05) is 78.3 Å². The van der Waals surface area contributed by atoms with Crippen molar-refractivity contribution < 1.29 is 9.53 Å². The number of aryl methyl sites for hydroxylation is 2. The van der Waals surface area contributed by atoms with Crippen LogP contribution in [0.4, 0.5) is 0 Å². The Labute approximate surface area is 165 Å². The first-order valence-corrected chi connectivity index (χ1v) is 9.69. The fourth-order valence-corrected chi connectivity index (χ4v) is 3.64. The molecule has 0 atom stereocenters. The van der Waals surface area contributed by atoms with E-state index in [4.69, 9.17) is 4.74 Å². The van der Waals surface area contributed by atoms with Crippen LogP contribution in [0.2, 0.25) is 0 Å². The summed E-state index contributed by atoms with van der Waals surface area (Å²) in [5.41, 5.74) is 5.23. The van der Waals surface area contributed by atoms with Crippen LogP contribution >= 0.6 is 0 Å². The Morgan fingerprint density at radius 1 is 1.14 bits per heavy atom. The van der Waals surface area contributed by atoms with E-state index >= 15 is 0 Å². The van der Waals surface area contributed by atoms with Crippen molar-refractivity contribution in [2.24, 2.45) is 7.05 Å². The number of hydrogen-bond acceptors (Lipinski definition) is 3. The molecule has 0 saturated carbocycles. The van der Waals surface area contributed by atoms with Gasteiger partial charge in [0.1, 0.15) is 11.9 Å². The molecule has 1 fully saturated rings. The Balaban J connectivity index is 1.39. The molecule has 0 spiro atoms. The van der Waals surface area contributed by atoms with E-state index in [9.17, 15) is 4.79 Å². The Hall–Kier alpha value is -3.08. The molecule has 5 nitrogen and oxygen atoms in total. The molecule has 144 valence electrons. The summed E-state index contributed by atoms with van der Waals surface area (Å²) in [7, 11) is 1.96. The van der Waals surface area contributed by atoms with Crippen molar-refractivity contribution in [3.05, 3.63) is 71.5 Å². The zero-order valence-corrected chi connectivity index (χ0v) is 16.6. The number of para-hydroxylation sites is 1. The predicted octanol–water partition coefficient (Wildman–Crippen LogP) is 3.86.